The molecule has 2 aliphatic rings. The fourth-order valence-corrected chi connectivity index (χ4v) is 4.42. The summed E-state index contributed by atoms with van der Waals surface area (Å²) in [5, 5.41) is 3.63. The third-order valence-corrected chi connectivity index (χ3v) is 5.42. The van der Waals surface area contributed by atoms with Crippen LogP contribution in [-0.2, 0) is 6.42 Å². The molecule has 0 amide bonds. The van der Waals surface area contributed by atoms with E-state index in [-0.39, 0.29) is 0 Å². The van der Waals surface area contributed by atoms with Crippen molar-refractivity contribution in [2.75, 3.05) is 6.54 Å². The predicted octanol–water partition coefficient (Wildman–Crippen LogP) is 4.31. The first kappa shape index (κ1) is 15.0. The maximum atomic E-state index is 13.9. The van der Waals surface area contributed by atoms with Gasteiger partial charge in [0.2, 0.25) is 0 Å². The van der Waals surface area contributed by atoms with Gasteiger partial charge in [-0.1, -0.05) is 19.4 Å². The molecule has 0 saturated heterocycles. The molecule has 2 saturated carbocycles. The fourth-order valence-electron chi connectivity index (χ4n) is 4.42. The minimum Gasteiger partial charge on any atom is -0.313 e. The zero-order valence-corrected chi connectivity index (χ0v) is 12.7. The van der Waals surface area contributed by atoms with Crippen LogP contribution in [0, 0.1) is 29.4 Å². The lowest BCUT2D eigenvalue weighted by Gasteiger charge is -2.31. The van der Waals surface area contributed by atoms with Crippen molar-refractivity contribution in [3.63, 3.8) is 0 Å². The second kappa shape index (κ2) is 6.43. The van der Waals surface area contributed by atoms with Gasteiger partial charge in [0.1, 0.15) is 11.6 Å². The summed E-state index contributed by atoms with van der Waals surface area (Å²) in [7, 11) is 0. The molecule has 2 fully saturated rings. The monoisotopic (exact) mass is 293 g/mol. The van der Waals surface area contributed by atoms with Crippen molar-refractivity contribution >= 4 is 0 Å². The molecule has 1 aromatic carbocycles. The van der Waals surface area contributed by atoms with Crippen LogP contribution >= 0.6 is 0 Å². The van der Waals surface area contributed by atoms with E-state index in [0.717, 1.165) is 30.9 Å². The van der Waals surface area contributed by atoms with Crippen LogP contribution in [0.1, 0.15) is 44.6 Å². The van der Waals surface area contributed by atoms with Crippen molar-refractivity contribution in [2.24, 2.45) is 17.8 Å². The number of halogens is 2. The van der Waals surface area contributed by atoms with Crippen molar-refractivity contribution in [1.82, 2.24) is 5.32 Å². The van der Waals surface area contributed by atoms with Crippen LogP contribution in [0.25, 0.3) is 0 Å². The van der Waals surface area contributed by atoms with Crippen LogP contribution in [0.3, 0.4) is 0 Å². The van der Waals surface area contributed by atoms with E-state index in [1.807, 2.05) is 0 Å². The van der Waals surface area contributed by atoms with Gasteiger partial charge in [-0.3, -0.25) is 0 Å². The first-order chi connectivity index (χ1) is 10.2. The van der Waals surface area contributed by atoms with Gasteiger partial charge in [-0.2, -0.15) is 0 Å². The maximum Gasteiger partial charge on any atom is 0.129 e. The highest BCUT2D eigenvalue weighted by Gasteiger charge is 2.42. The van der Waals surface area contributed by atoms with Crippen molar-refractivity contribution in [1.29, 1.82) is 0 Å². The Hall–Kier alpha value is -0.960. The molecule has 3 rings (SSSR count). The zero-order chi connectivity index (χ0) is 14.8. The molecule has 2 aliphatic carbocycles. The standard InChI is InChI=1S/C18H25F2N/c1-2-7-21-18(16-9-12-3-4-13(16)8-12)10-14-5-6-15(19)11-17(14)20/h5-6,11-13,16,18,21H,2-4,7-10H2,1H3. The number of rotatable bonds is 6. The van der Waals surface area contributed by atoms with E-state index < -0.39 is 11.6 Å². The van der Waals surface area contributed by atoms with Crippen molar-refractivity contribution in [3.8, 4) is 0 Å². The molecule has 21 heavy (non-hydrogen) atoms. The summed E-state index contributed by atoms with van der Waals surface area (Å²) in [5.74, 6) is 1.48. The van der Waals surface area contributed by atoms with Crippen LogP contribution in [0.5, 0.6) is 0 Å². The van der Waals surface area contributed by atoms with Crippen LogP contribution in [0.2, 0.25) is 0 Å². The molecule has 3 heteroatoms. The van der Waals surface area contributed by atoms with E-state index in [9.17, 15) is 8.78 Å². The van der Waals surface area contributed by atoms with Crippen LogP contribution in [0.15, 0.2) is 18.2 Å². The average molecular weight is 293 g/mol. The van der Waals surface area contributed by atoms with Crippen LogP contribution in [-0.4, -0.2) is 12.6 Å². The SMILES string of the molecule is CCCNC(Cc1ccc(F)cc1F)C1CC2CCC1C2. The summed E-state index contributed by atoms with van der Waals surface area (Å²) in [6, 6.07) is 4.32. The molecule has 0 spiro atoms. The topological polar surface area (TPSA) is 12.0 Å². The van der Waals surface area contributed by atoms with Gasteiger partial charge in [0, 0.05) is 12.1 Å². The first-order valence-electron chi connectivity index (χ1n) is 8.34. The molecular formula is C18H25F2N. The molecule has 1 N–H and O–H groups in total. The van der Waals surface area contributed by atoms with Crippen molar-refractivity contribution in [2.45, 2.75) is 51.5 Å². The molecule has 4 unspecified atom stereocenters. The first-order valence-corrected chi connectivity index (χ1v) is 8.34. The second-order valence-corrected chi connectivity index (χ2v) is 6.84. The molecule has 0 radical (unpaired) electrons. The lowest BCUT2D eigenvalue weighted by molar-refractivity contribution is 0.245. The predicted molar refractivity (Wildman–Crippen MR) is 81.1 cm³/mol. The molecular weight excluding hydrogens is 268 g/mol. The molecule has 0 aliphatic heterocycles. The van der Waals surface area contributed by atoms with Crippen LogP contribution < -0.4 is 5.32 Å². The van der Waals surface area contributed by atoms with Crippen molar-refractivity contribution < 1.29 is 8.78 Å². The molecule has 4 atom stereocenters. The van der Waals surface area contributed by atoms with E-state index in [1.54, 1.807) is 6.07 Å². The fraction of sp³-hybridized carbons (Fsp3) is 0.667. The number of hydrogen-bond acceptors (Lipinski definition) is 1. The Morgan fingerprint density at radius 2 is 2.10 bits per heavy atom. The summed E-state index contributed by atoms with van der Waals surface area (Å²) < 4.78 is 27.0. The minimum atomic E-state index is -0.491. The quantitative estimate of drug-likeness (QED) is 0.824. The lowest BCUT2D eigenvalue weighted by atomic mass is 9.81. The highest BCUT2D eigenvalue weighted by atomic mass is 19.1. The normalized spacial score (nSPS) is 29.0. The minimum absolute atomic E-state index is 0.334. The number of fused-ring (bicyclic) bond motifs is 2. The third-order valence-electron chi connectivity index (χ3n) is 5.42. The summed E-state index contributed by atoms with van der Waals surface area (Å²) >= 11 is 0. The number of nitrogens with one attached hydrogen (secondary N) is 1. The van der Waals surface area contributed by atoms with E-state index in [2.05, 4.69) is 12.2 Å². The Bertz CT molecular complexity index is 488. The lowest BCUT2D eigenvalue weighted by Crippen LogP contribution is -2.41. The average Bonchev–Trinajstić information content (AvgIpc) is 3.08. The molecule has 116 valence electrons. The Kier molecular flexibility index (Phi) is 4.58. The smallest absolute Gasteiger partial charge is 0.129 e. The van der Waals surface area contributed by atoms with Gasteiger partial charge in [-0.15, -0.1) is 0 Å². The zero-order valence-electron chi connectivity index (χ0n) is 12.7. The van der Waals surface area contributed by atoms with E-state index in [0.29, 0.717) is 23.9 Å². The summed E-state index contributed by atoms with van der Waals surface area (Å²) in [6.45, 7) is 3.13. The van der Waals surface area contributed by atoms with E-state index >= 15 is 0 Å². The molecule has 1 aromatic rings. The van der Waals surface area contributed by atoms with Gasteiger partial charge < -0.3 is 5.32 Å². The van der Waals surface area contributed by atoms with E-state index in [4.69, 9.17) is 0 Å². The van der Waals surface area contributed by atoms with E-state index in [1.165, 1.54) is 31.7 Å². The highest BCUT2D eigenvalue weighted by Crippen LogP contribution is 2.49. The Balaban J connectivity index is 1.73. The Morgan fingerprint density at radius 3 is 2.71 bits per heavy atom. The van der Waals surface area contributed by atoms with Gasteiger partial charge in [-0.05, 0) is 68.0 Å². The van der Waals surface area contributed by atoms with Crippen molar-refractivity contribution in [3.05, 3.63) is 35.4 Å². The van der Waals surface area contributed by atoms with Gasteiger partial charge >= 0.3 is 0 Å². The number of benzene rings is 1. The summed E-state index contributed by atoms with van der Waals surface area (Å²) in [5.41, 5.74) is 0.646. The molecule has 2 bridgehead atoms. The second-order valence-electron chi connectivity index (χ2n) is 6.84. The van der Waals surface area contributed by atoms with Gasteiger partial charge in [0.25, 0.3) is 0 Å². The molecule has 1 nitrogen and oxygen atoms in total. The Labute approximate surface area is 126 Å². The largest absolute Gasteiger partial charge is 0.313 e. The van der Waals surface area contributed by atoms with Gasteiger partial charge in [-0.25, -0.2) is 8.78 Å². The summed E-state index contributed by atoms with van der Waals surface area (Å²) in [4.78, 5) is 0. The van der Waals surface area contributed by atoms with Gasteiger partial charge in [0.15, 0.2) is 0 Å². The number of hydrogen-bond donors (Lipinski definition) is 1. The highest BCUT2D eigenvalue weighted by molar-refractivity contribution is 5.20. The van der Waals surface area contributed by atoms with Crippen LogP contribution in [0.4, 0.5) is 8.78 Å². The molecule has 0 heterocycles. The van der Waals surface area contributed by atoms with Gasteiger partial charge in [0.05, 0.1) is 0 Å². The third kappa shape index (κ3) is 3.28. The molecule has 0 aromatic heterocycles. The Morgan fingerprint density at radius 1 is 1.24 bits per heavy atom. The summed E-state index contributed by atoms with van der Waals surface area (Å²) in [6.07, 6.45) is 7.14. The maximum absolute atomic E-state index is 13.9.